The van der Waals surface area contributed by atoms with Gasteiger partial charge in [-0.2, -0.15) is 0 Å². The van der Waals surface area contributed by atoms with E-state index in [0.717, 1.165) is 91.1 Å². The number of imide groups is 1. The molecule has 0 saturated carbocycles. The third-order valence-electron chi connectivity index (χ3n) is 12.6. The molecular formula is C44H50N12O5S. The molecule has 0 radical (unpaired) electrons. The van der Waals surface area contributed by atoms with Gasteiger partial charge in [0.05, 0.1) is 18.0 Å². The van der Waals surface area contributed by atoms with E-state index >= 15 is 0 Å². The van der Waals surface area contributed by atoms with Gasteiger partial charge in [-0.15, -0.1) is 0 Å². The average Bonchev–Trinajstić information content (AvgIpc) is 3.84. The van der Waals surface area contributed by atoms with Crippen molar-refractivity contribution in [1.29, 1.82) is 0 Å². The van der Waals surface area contributed by atoms with Crippen LogP contribution in [0.2, 0.25) is 0 Å². The highest BCUT2D eigenvalue weighted by atomic mass is 32.2. The van der Waals surface area contributed by atoms with Crippen LogP contribution in [-0.2, 0) is 27.5 Å². The highest BCUT2D eigenvalue weighted by Crippen LogP contribution is 2.40. The summed E-state index contributed by atoms with van der Waals surface area (Å²) in [6.45, 7) is 8.46. The average molecular weight is 859 g/mol. The van der Waals surface area contributed by atoms with Crippen molar-refractivity contribution in [3.8, 4) is 0 Å². The second-order valence-corrected chi connectivity index (χ2v) is 18.6. The Bertz CT molecular complexity index is 2380. The number of amides is 5. The van der Waals surface area contributed by atoms with Crippen molar-refractivity contribution in [3.05, 3.63) is 89.5 Å². The lowest BCUT2D eigenvalue weighted by molar-refractivity contribution is -0.137. The minimum Gasteiger partial charge on any atom is -0.355 e. The molecule has 1 spiro atoms. The van der Waals surface area contributed by atoms with Crippen LogP contribution in [0.3, 0.4) is 0 Å². The first kappa shape index (κ1) is 41.4. The van der Waals surface area contributed by atoms with Gasteiger partial charge in [0.1, 0.15) is 16.9 Å². The number of aromatic nitrogens is 4. The molecule has 5 N–H and O–H groups in total. The molecule has 1 atom stereocenters. The highest BCUT2D eigenvalue weighted by molar-refractivity contribution is 7.99. The number of rotatable bonds is 12. The van der Waals surface area contributed by atoms with Crippen molar-refractivity contribution in [1.82, 2.24) is 40.4 Å². The molecule has 2 aromatic heterocycles. The normalized spacial score (nSPS) is 20.5. The molecule has 0 aliphatic carbocycles. The first-order chi connectivity index (χ1) is 29.9. The number of carbonyl (C=O) groups is 5. The summed E-state index contributed by atoms with van der Waals surface area (Å²) in [5.41, 5.74) is 9.49. The molecule has 322 valence electrons. The SMILES string of the molecule is CC1(N)CCN(c2cnc(Sc3cccc(NC(=O)CCN4CC5(CCN(c6ncc(C(=O)NCc7ccc8c(c7)CN(C7CCC(=O)NC7=O)C8=O)cn6)C5)C4)c3)cn2)CC1. The predicted molar refractivity (Wildman–Crippen MR) is 231 cm³/mol. The van der Waals surface area contributed by atoms with Gasteiger partial charge in [0.15, 0.2) is 0 Å². The maximum Gasteiger partial charge on any atom is 0.255 e. The number of likely N-dealkylation sites (tertiary alicyclic amines) is 1. The maximum absolute atomic E-state index is 13.0. The fourth-order valence-corrected chi connectivity index (χ4v) is 9.85. The van der Waals surface area contributed by atoms with E-state index < -0.39 is 11.9 Å². The predicted octanol–water partition coefficient (Wildman–Crippen LogP) is 2.97. The van der Waals surface area contributed by atoms with E-state index in [0.29, 0.717) is 36.5 Å². The monoisotopic (exact) mass is 858 g/mol. The molecular weight excluding hydrogens is 809 g/mol. The third kappa shape index (κ3) is 9.12. The maximum atomic E-state index is 13.0. The minimum absolute atomic E-state index is 0.0277. The molecule has 4 fully saturated rings. The number of anilines is 3. The highest BCUT2D eigenvalue weighted by Gasteiger charge is 2.48. The quantitative estimate of drug-likeness (QED) is 0.151. The summed E-state index contributed by atoms with van der Waals surface area (Å²) in [6.07, 6.45) is 10.4. The van der Waals surface area contributed by atoms with E-state index in [1.54, 1.807) is 30.7 Å². The lowest BCUT2D eigenvalue weighted by Crippen LogP contribution is -2.57. The first-order valence-electron chi connectivity index (χ1n) is 21.2. The number of piperidine rings is 2. The van der Waals surface area contributed by atoms with Crippen molar-refractivity contribution in [2.24, 2.45) is 11.1 Å². The van der Waals surface area contributed by atoms with Gasteiger partial charge in [0, 0.05) is 111 Å². The Morgan fingerprint density at radius 1 is 0.919 bits per heavy atom. The van der Waals surface area contributed by atoms with Crippen LogP contribution in [0.15, 0.2) is 77.2 Å². The van der Waals surface area contributed by atoms with Gasteiger partial charge in [-0.3, -0.25) is 29.3 Å². The van der Waals surface area contributed by atoms with E-state index in [4.69, 9.17) is 5.73 Å². The van der Waals surface area contributed by atoms with Crippen LogP contribution in [0.25, 0.3) is 0 Å². The zero-order valence-electron chi connectivity index (χ0n) is 34.6. The van der Waals surface area contributed by atoms with E-state index in [9.17, 15) is 24.0 Å². The number of carbonyl (C=O) groups excluding carboxylic acids is 5. The minimum atomic E-state index is -0.679. The number of hydrogen-bond acceptors (Lipinski definition) is 14. The van der Waals surface area contributed by atoms with Crippen LogP contribution < -0.4 is 31.5 Å². The van der Waals surface area contributed by atoms with Gasteiger partial charge in [0.2, 0.25) is 23.7 Å². The first-order valence-corrected chi connectivity index (χ1v) is 22.0. The van der Waals surface area contributed by atoms with E-state index in [-0.39, 0.29) is 54.1 Å². The van der Waals surface area contributed by atoms with Gasteiger partial charge < -0.3 is 36.0 Å². The molecule has 0 bridgehead atoms. The van der Waals surface area contributed by atoms with Crippen molar-refractivity contribution in [2.75, 3.05) is 60.9 Å². The Labute approximate surface area is 363 Å². The van der Waals surface area contributed by atoms with Gasteiger partial charge in [0.25, 0.3) is 11.8 Å². The summed E-state index contributed by atoms with van der Waals surface area (Å²) in [4.78, 5) is 90.5. The Balaban J connectivity index is 0.689. The molecule has 62 heavy (non-hydrogen) atoms. The van der Waals surface area contributed by atoms with Crippen LogP contribution in [0.1, 0.15) is 77.3 Å². The number of benzene rings is 2. The molecule has 4 saturated heterocycles. The number of nitrogens with zero attached hydrogens (tertiary/aromatic N) is 8. The van der Waals surface area contributed by atoms with Crippen LogP contribution in [-0.4, -0.2) is 117 Å². The number of nitrogens with two attached hydrogens (primary N) is 1. The van der Waals surface area contributed by atoms with E-state index in [1.165, 1.54) is 16.7 Å². The Kier molecular flexibility index (Phi) is 11.4. The Hall–Kier alpha value is -5.98. The van der Waals surface area contributed by atoms with Gasteiger partial charge in [-0.25, -0.2) is 19.9 Å². The summed E-state index contributed by atoms with van der Waals surface area (Å²) < 4.78 is 0. The molecule has 1 unspecified atom stereocenters. The molecule has 17 nitrogen and oxygen atoms in total. The Morgan fingerprint density at radius 2 is 1.71 bits per heavy atom. The van der Waals surface area contributed by atoms with Gasteiger partial charge >= 0.3 is 0 Å². The van der Waals surface area contributed by atoms with Crippen molar-refractivity contribution in [3.63, 3.8) is 0 Å². The van der Waals surface area contributed by atoms with Crippen molar-refractivity contribution < 1.29 is 24.0 Å². The summed E-state index contributed by atoms with van der Waals surface area (Å²) in [5.74, 6) is 0.0957. The third-order valence-corrected chi connectivity index (χ3v) is 13.5. The van der Waals surface area contributed by atoms with Gasteiger partial charge in [-0.1, -0.05) is 30.0 Å². The number of hydrogen-bond donors (Lipinski definition) is 4. The summed E-state index contributed by atoms with van der Waals surface area (Å²) >= 11 is 1.51. The summed E-state index contributed by atoms with van der Waals surface area (Å²) in [7, 11) is 0. The summed E-state index contributed by atoms with van der Waals surface area (Å²) in [6, 6.07) is 12.5. The summed E-state index contributed by atoms with van der Waals surface area (Å²) in [5, 5.41) is 9.07. The largest absolute Gasteiger partial charge is 0.355 e. The molecule has 5 aliphatic heterocycles. The fraction of sp³-hybridized carbons (Fsp3) is 0.432. The molecule has 5 aliphatic rings. The lowest BCUT2D eigenvalue weighted by Gasteiger charge is -2.48. The second kappa shape index (κ2) is 17.1. The van der Waals surface area contributed by atoms with E-state index in [2.05, 4.69) is 57.5 Å². The van der Waals surface area contributed by atoms with Crippen LogP contribution in [0, 0.1) is 5.41 Å². The zero-order valence-corrected chi connectivity index (χ0v) is 35.5. The van der Waals surface area contributed by atoms with Gasteiger partial charge in [-0.05, 0) is 68.0 Å². The topological polar surface area (TPSA) is 212 Å². The zero-order chi connectivity index (χ0) is 43.0. The molecule has 4 aromatic rings. The lowest BCUT2D eigenvalue weighted by atomic mass is 9.79. The molecule has 2 aromatic carbocycles. The smallest absolute Gasteiger partial charge is 0.255 e. The standard InChI is InChI=1S/C44H50N12O5S/c1-43(45)10-14-54(15-11-43)35-22-47-38(23-46-35)62-32-4-2-3-31(18-32)51-37(58)9-13-53-25-44(26-53)12-16-55(27-44)42-49-20-30(21-50-42)39(59)48-19-28-5-6-33-29(17-28)24-56(41(33)61)34-7-8-36(57)52-40(34)60/h2-6,17-18,20-23,34H,7-16,19,24-27,45H2,1H3,(H,48,59)(H,51,58)(H,52,57,60). The second-order valence-electron chi connectivity index (χ2n) is 17.5. The number of fused-ring (bicyclic) bond motifs is 1. The molecule has 9 rings (SSSR count). The Morgan fingerprint density at radius 3 is 2.47 bits per heavy atom. The van der Waals surface area contributed by atoms with Crippen LogP contribution in [0.5, 0.6) is 0 Å². The molecule has 5 amide bonds. The van der Waals surface area contributed by atoms with Crippen LogP contribution >= 0.6 is 11.8 Å². The fourth-order valence-electron chi connectivity index (χ4n) is 9.06. The van der Waals surface area contributed by atoms with Crippen molar-refractivity contribution >= 4 is 58.8 Å². The van der Waals surface area contributed by atoms with Crippen LogP contribution in [0.4, 0.5) is 17.5 Å². The molecule has 7 heterocycles. The molecule has 18 heteroatoms. The number of nitrogens with one attached hydrogen (secondary N) is 3. The van der Waals surface area contributed by atoms with E-state index in [1.807, 2.05) is 36.5 Å². The van der Waals surface area contributed by atoms with Crippen molar-refractivity contribution in [2.45, 2.75) is 80.0 Å².